The average Bonchev–Trinajstić information content (AvgIpc) is 3.17. The number of amides is 1. The molecule has 2 aromatic rings. The highest BCUT2D eigenvalue weighted by atomic mass is 19.4. The first-order valence-corrected chi connectivity index (χ1v) is 9.98. The van der Waals surface area contributed by atoms with E-state index in [1.165, 1.54) is 10.7 Å². The fraction of sp³-hybridized carbons (Fsp3) is 0.550. The standard InChI is InChI=1S/C20H17F7N4O/c21-11-5-28-15(20(25,26)27)3-10(11)13-4-14-12(1-2-31(14)30-13)29-16(32)18-6-17(7-18,8-18)9-19(22,23)24/h3-5,12H,1-2,6-9H2,(H,29,32). The number of nitrogens with zero attached hydrogens (tertiary/aromatic N) is 3. The molecule has 32 heavy (non-hydrogen) atoms. The summed E-state index contributed by atoms with van der Waals surface area (Å²) < 4.78 is 92.5. The SMILES string of the molecule is O=C(NC1CCn2nc(-c3cc(C(F)(F)F)ncc3F)cc21)C12CC(CC(F)(F)F)(C1)C2. The van der Waals surface area contributed by atoms with Crippen molar-refractivity contribution in [1.29, 1.82) is 0 Å². The molecule has 0 aromatic carbocycles. The summed E-state index contributed by atoms with van der Waals surface area (Å²) in [5.41, 5.74) is -2.71. The maximum absolute atomic E-state index is 14.2. The van der Waals surface area contributed by atoms with Gasteiger partial charge >= 0.3 is 12.4 Å². The molecule has 3 fully saturated rings. The van der Waals surface area contributed by atoms with Crippen molar-refractivity contribution in [2.24, 2.45) is 10.8 Å². The summed E-state index contributed by atoms with van der Waals surface area (Å²) >= 11 is 0. The van der Waals surface area contributed by atoms with E-state index in [2.05, 4.69) is 15.4 Å². The third-order valence-corrected chi connectivity index (χ3v) is 6.72. The monoisotopic (exact) mass is 462 g/mol. The molecule has 3 saturated carbocycles. The van der Waals surface area contributed by atoms with Crippen molar-refractivity contribution in [2.75, 3.05) is 0 Å². The van der Waals surface area contributed by atoms with E-state index in [9.17, 15) is 35.5 Å². The predicted molar refractivity (Wildman–Crippen MR) is 95.3 cm³/mol. The molecule has 2 bridgehead atoms. The summed E-state index contributed by atoms with van der Waals surface area (Å²) in [5.74, 6) is -1.28. The lowest BCUT2D eigenvalue weighted by Gasteiger charge is -2.69. The number of alkyl halides is 6. The number of hydrogen-bond acceptors (Lipinski definition) is 3. The Morgan fingerprint density at radius 1 is 1.16 bits per heavy atom. The Kier molecular flexibility index (Phi) is 4.27. The Morgan fingerprint density at radius 3 is 2.47 bits per heavy atom. The highest BCUT2D eigenvalue weighted by Gasteiger charge is 2.73. The second-order valence-corrected chi connectivity index (χ2v) is 9.14. The van der Waals surface area contributed by atoms with Gasteiger partial charge in [0.25, 0.3) is 0 Å². The van der Waals surface area contributed by atoms with Gasteiger partial charge in [-0.2, -0.15) is 31.4 Å². The van der Waals surface area contributed by atoms with Crippen LogP contribution in [0.5, 0.6) is 0 Å². The lowest BCUT2D eigenvalue weighted by atomic mass is 9.34. The van der Waals surface area contributed by atoms with E-state index in [0.29, 0.717) is 30.9 Å². The fourth-order valence-electron chi connectivity index (χ4n) is 5.52. The van der Waals surface area contributed by atoms with Gasteiger partial charge in [0.05, 0.1) is 29.0 Å². The van der Waals surface area contributed by atoms with Crippen molar-refractivity contribution < 1.29 is 35.5 Å². The van der Waals surface area contributed by atoms with E-state index in [0.717, 1.165) is 0 Å². The van der Waals surface area contributed by atoms with Crippen LogP contribution in [0.15, 0.2) is 18.3 Å². The van der Waals surface area contributed by atoms with E-state index >= 15 is 0 Å². The highest BCUT2D eigenvalue weighted by molar-refractivity contribution is 5.86. The smallest absolute Gasteiger partial charge is 0.347 e. The molecule has 1 atom stereocenters. The number of aromatic nitrogens is 3. The molecule has 5 nitrogen and oxygen atoms in total. The van der Waals surface area contributed by atoms with Crippen LogP contribution in [0.3, 0.4) is 0 Å². The Labute approximate surface area is 177 Å². The maximum Gasteiger partial charge on any atom is 0.433 e. The number of aryl methyl sites for hydroxylation is 1. The molecule has 1 amide bonds. The van der Waals surface area contributed by atoms with E-state index in [4.69, 9.17) is 0 Å². The van der Waals surface area contributed by atoms with Crippen molar-refractivity contribution in [3.05, 3.63) is 35.5 Å². The number of nitrogens with one attached hydrogen (secondary N) is 1. The molecule has 1 N–H and O–H groups in total. The van der Waals surface area contributed by atoms with Crippen LogP contribution in [0.25, 0.3) is 11.3 Å². The first kappa shape index (κ1) is 21.2. The zero-order valence-corrected chi connectivity index (χ0v) is 16.4. The van der Waals surface area contributed by atoms with Crippen LogP contribution >= 0.6 is 0 Å². The van der Waals surface area contributed by atoms with Gasteiger partial charge in [-0.15, -0.1) is 0 Å². The number of rotatable bonds is 4. The minimum Gasteiger partial charge on any atom is -0.347 e. The zero-order chi connectivity index (χ0) is 23.1. The molecule has 6 rings (SSSR count). The van der Waals surface area contributed by atoms with Gasteiger partial charge in [-0.05, 0) is 43.2 Å². The molecule has 1 unspecified atom stereocenters. The van der Waals surface area contributed by atoms with Crippen LogP contribution in [0.2, 0.25) is 0 Å². The van der Waals surface area contributed by atoms with Crippen LogP contribution in [-0.4, -0.2) is 26.8 Å². The Bertz CT molecular complexity index is 1080. The second-order valence-electron chi connectivity index (χ2n) is 9.14. The van der Waals surface area contributed by atoms with Crippen LogP contribution < -0.4 is 5.32 Å². The highest BCUT2D eigenvalue weighted by Crippen LogP contribution is 2.76. The maximum atomic E-state index is 14.2. The summed E-state index contributed by atoms with van der Waals surface area (Å²) in [7, 11) is 0. The van der Waals surface area contributed by atoms with Crippen LogP contribution in [0, 0.1) is 16.6 Å². The molecule has 1 aliphatic heterocycles. The van der Waals surface area contributed by atoms with Gasteiger partial charge in [-0.3, -0.25) is 9.48 Å². The van der Waals surface area contributed by atoms with Crippen LogP contribution in [-0.2, 0) is 17.5 Å². The fourth-order valence-corrected chi connectivity index (χ4v) is 5.52. The summed E-state index contributed by atoms with van der Waals surface area (Å²) in [6.45, 7) is 0.365. The van der Waals surface area contributed by atoms with Crippen molar-refractivity contribution in [2.45, 2.75) is 57.0 Å². The number of pyridine rings is 1. The Balaban J connectivity index is 1.30. The van der Waals surface area contributed by atoms with Gasteiger partial charge in [0, 0.05) is 18.5 Å². The molecule has 12 heteroatoms. The zero-order valence-electron chi connectivity index (χ0n) is 16.4. The van der Waals surface area contributed by atoms with Crippen LogP contribution in [0.4, 0.5) is 30.7 Å². The quantitative estimate of drug-likeness (QED) is 0.665. The van der Waals surface area contributed by atoms with Crippen molar-refractivity contribution in [3.63, 3.8) is 0 Å². The molecule has 3 heterocycles. The van der Waals surface area contributed by atoms with Gasteiger partial charge in [0.15, 0.2) is 5.82 Å². The molecular weight excluding hydrogens is 445 g/mol. The minimum atomic E-state index is -4.74. The average molecular weight is 462 g/mol. The predicted octanol–water partition coefficient (Wildman–Crippen LogP) is 4.79. The van der Waals surface area contributed by atoms with Gasteiger partial charge in [0.2, 0.25) is 5.91 Å². The topological polar surface area (TPSA) is 59.8 Å². The molecule has 172 valence electrons. The lowest BCUT2D eigenvalue weighted by Crippen LogP contribution is -2.68. The molecular formula is C20H17F7N4O. The number of carbonyl (C=O) groups is 1. The normalized spacial score (nSPS) is 28.7. The van der Waals surface area contributed by atoms with E-state index in [-0.39, 0.29) is 36.4 Å². The van der Waals surface area contributed by atoms with Crippen molar-refractivity contribution >= 4 is 5.91 Å². The third kappa shape index (κ3) is 3.34. The van der Waals surface area contributed by atoms with Gasteiger partial charge in [-0.1, -0.05) is 0 Å². The van der Waals surface area contributed by atoms with Gasteiger partial charge < -0.3 is 5.32 Å². The number of halogens is 7. The number of fused-ring (bicyclic) bond motifs is 1. The summed E-state index contributed by atoms with van der Waals surface area (Å²) in [6, 6.07) is 1.51. The third-order valence-electron chi connectivity index (χ3n) is 6.72. The molecule has 3 aliphatic carbocycles. The first-order valence-electron chi connectivity index (χ1n) is 9.98. The van der Waals surface area contributed by atoms with Gasteiger partial charge in [-0.25, -0.2) is 9.37 Å². The first-order chi connectivity index (χ1) is 14.8. The Morgan fingerprint density at radius 2 is 1.84 bits per heavy atom. The minimum absolute atomic E-state index is 0.0148. The largest absolute Gasteiger partial charge is 0.433 e. The molecule has 0 radical (unpaired) electrons. The molecule has 0 saturated heterocycles. The Hall–Kier alpha value is -2.66. The van der Waals surface area contributed by atoms with Crippen molar-refractivity contribution in [1.82, 2.24) is 20.1 Å². The van der Waals surface area contributed by atoms with Crippen molar-refractivity contribution in [3.8, 4) is 11.3 Å². The molecule has 4 aliphatic rings. The van der Waals surface area contributed by atoms with E-state index < -0.39 is 47.2 Å². The number of hydrogen-bond donors (Lipinski definition) is 1. The summed E-state index contributed by atoms with van der Waals surface area (Å²) in [4.78, 5) is 15.8. The van der Waals surface area contributed by atoms with E-state index in [1.807, 2.05) is 0 Å². The van der Waals surface area contributed by atoms with E-state index in [1.54, 1.807) is 0 Å². The number of carbonyl (C=O) groups excluding carboxylic acids is 1. The summed E-state index contributed by atoms with van der Waals surface area (Å²) in [5, 5.41) is 7.01. The lowest BCUT2D eigenvalue weighted by molar-refractivity contribution is -0.258. The molecule has 0 spiro atoms. The van der Waals surface area contributed by atoms with Crippen LogP contribution in [0.1, 0.15) is 49.5 Å². The molecule has 2 aromatic heterocycles. The second kappa shape index (κ2) is 6.44. The van der Waals surface area contributed by atoms with Gasteiger partial charge in [0.1, 0.15) is 5.69 Å². The summed E-state index contributed by atoms with van der Waals surface area (Å²) in [6.07, 6.45) is -8.32.